The summed E-state index contributed by atoms with van der Waals surface area (Å²) in [5, 5.41) is -7.04. The molecule has 0 unspecified atom stereocenters. The zero-order chi connectivity index (χ0) is 31.0. The monoisotopic (exact) mass is 638 g/mol. The summed E-state index contributed by atoms with van der Waals surface area (Å²) < 4.78 is 155. The molecule has 224 valence electrons. The van der Waals surface area contributed by atoms with E-state index in [1.54, 1.807) is 30.3 Å². The van der Waals surface area contributed by atoms with Crippen LogP contribution in [0, 0.1) is 0 Å². The van der Waals surface area contributed by atoms with E-state index in [-0.39, 0.29) is 14.7 Å². The maximum Gasteiger partial charge on any atom is 0.460 e. The first kappa shape index (κ1) is 31.4. The van der Waals surface area contributed by atoms with Gasteiger partial charge in [-0.2, -0.15) is 47.9 Å². The minimum Gasteiger partial charge on any atom is -0.202 e. The summed E-state index contributed by atoms with van der Waals surface area (Å²) >= 11 is 0. The van der Waals surface area contributed by atoms with Crippen LogP contribution < -0.4 is 0 Å². The molecule has 0 aromatic heterocycles. The van der Waals surface area contributed by atoms with E-state index in [0.717, 1.165) is 0 Å². The zero-order valence-corrected chi connectivity index (χ0v) is 22.5. The van der Waals surface area contributed by atoms with E-state index < -0.39 is 43.7 Å². The third-order valence-electron chi connectivity index (χ3n) is 6.07. The van der Waals surface area contributed by atoms with Gasteiger partial charge >= 0.3 is 33.4 Å². The van der Waals surface area contributed by atoms with Gasteiger partial charge in [0.05, 0.1) is 0 Å². The van der Waals surface area contributed by atoms with Gasteiger partial charge in [0.25, 0.3) is 0 Å². The molecule has 0 fully saturated rings. The van der Waals surface area contributed by atoms with Crippen molar-refractivity contribution in [3.05, 3.63) is 115 Å². The normalized spacial score (nSPS) is 14.0. The molecule has 4 aromatic carbocycles. The lowest BCUT2D eigenvalue weighted by molar-refractivity contribution is -0.382. The van der Waals surface area contributed by atoms with Crippen LogP contribution in [-0.2, 0) is 13.7 Å². The Hall–Kier alpha value is -3.49. The molecule has 0 amide bonds. The summed E-state index contributed by atoms with van der Waals surface area (Å²) in [6.07, 6.45) is -7.22. The van der Waals surface area contributed by atoms with Gasteiger partial charge in [0.2, 0.25) is 0 Å². The molecule has 4 rings (SSSR count). The summed E-state index contributed by atoms with van der Waals surface area (Å²) in [6, 6.07) is 27.3. The molecule has 0 aliphatic carbocycles. The molecule has 0 atom stereocenters. The highest BCUT2D eigenvalue weighted by Gasteiger charge is 2.86. The molecule has 0 aliphatic heterocycles. The van der Waals surface area contributed by atoms with Crippen LogP contribution in [0.3, 0.4) is 0 Å². The Labute approximate surface area is 236 Å². The summed E-state index contributed by atoms with van der Waals surface area (Å²) in [5.74, 6) is -14.9. The highest BCUT2D eigenvalue weighted by atomic mass is 32.3. The number of rotatable bonds is 9. The molecule has 0 radical (unpaired) electrons. The van der Waals surface area contributed by atoms with E-state index in [1.165, 1.54) is 84.9 Å². The van der Waals surface area contributed by atoms with Crippen molar-refractivity contribution in [1.82, 2.24) is 0 Å². The van der Waals surface area contributed by atoms with Crippen molar-refractivity contribution in [3.63, 3.8) is 0 Å². The predicted octanol–water partition coefficient (Wildman–Crippen LogP) is 9.32. The average Bonchev–Trinajstić information content (AvgIpc) is 2.96. The van der Waals surface area contributed by atoms with Crippen LogP contribution in [0.1, 0.15) is 0 Å². The van der Waals surface area contributed by atoms with E-state index in [4.69, 9.17) is 3.63 Å². The van der Waals surface area contributed by atoms with Crippen LogP contribution in [0.15, 0.2) is 130 Å². The van der Waals surface area contributed by atoms with Gasteiger partial charge in [-0.25, -0.2) is 3.63 Å². The van der Waals surface area contributed by atoms with Gasteiger partial charge in [0, 0.05) is 14.7 Å². The SMILES string of the molecule is O=S(=O)(OS(c1ccccc1)(c1ccccc1)c1ccc(-c2ccccc2)cc1)C(F)(F)C(F)(F)C(F)(F)C(F)(F)F. The van der Waals surface area contributed by atoms with E-state index >= 15 is 0 Å². The van der Waals surface area contributed by atoms with Crippen molar-refractivity contribution in [3.8, 4) is 11.1 Å². The summed E-state index contributed by atoms with van der Waals surface area (Å²) in [4.78, 5) is -0.479. The molecular formula is C28H19F9O3S2. The summed E-state index contributed by atoms with van der Waals surface area (Å²) in [5.41, 5.74) is 1.26. The Morgan fingerprint density at radius 1 is 0.452 bits per heavy atom. The molecule has 14 heteroatoms. The molecule has 0 saturated heterocycles. The highest BCUT2D eigenvalue weighted by molar-refractivity contribution is 8.33. The lowest BCUT2D eigenvalue weighted by atomic mass is 10.1. The lowest BCUT2D eigenvalue weighted by Crippen LogP contribution is -2.63. The molecule has 0 N–H and O–H groups in total. The van der Waals surface area contributed by atoms with Crippen LogP contribution in [0.2, 0.25) is 0 Å². The molecule has 0 saturated carbocycles. The molecule has 42 heavy (non-hydrogen) atoms. The fourth-order valence-corrected chi connectivity index (χ4v) is 9.13. The topological polar surface area (TPSA) is 43.4 Å². The first-order chi connectivity index (χ1) is 19.5. The Kier molecular flexibility index (Phi) is 8.21. The smallest absolute Gasteiger partial charge is 0.202 e. The van der Waals surface area contributed by atoms with Crippen molar-refractivity contribution in [2.24, 2.45) is 0 Å². The van der Waals surface area contributed by atoms with Crippen molar-refractivity contribution in [2.45, 2.75) is 38.0 Å². The van der Waals surface area contributed by atoms with Crippen LogP contribution in [-0.4, -0.2) is 31.7 Å². The quantitative estimate of drug-likeness (QED) is 0.172. The molecule has 0 bridgehead atoms. The minimum absolute atomic E-state index is 0.158. The molecule has 4 aromatic rings. The maximum atomic E-state index is 14.9. The summed E-state index contributed by atoms with van der Waals surface area (Å²) in [6.45, 7) is 0. The molecule has 3 nitrogen and oxygen atoms in total. The number of halogens is 9. The third-order valence-corrected chi connectivity index (χ3v) is 11.3. The van der Waals surface area contributed by atoms with Gasteiger partial charge in [-0.3, -0.25) is 0 Å². The fraction of sp³-hybridized carbons (Fsp3) is 0.143. The number of hydrogen-bond donors (Lipinski definition) is 0. The zero-order valence-electron chi connectivity index (χ0n) is 20.9. The average molecular weight is 639 g/mol. The highest BCUT2D eigenvalue weighted by Crippen LogP contribution is 2.71. The van der Waals surface area contributed by atoms with Gasteiger partial charge in [-0.15, -0.1) is 0 Å². The number of benzene rings is 4. The van der Waals surface area contributed by atoms with E-state index in [0.29, 0.717) is 11.1 Å². The van der Waals surface area contributed by atoms with E-state index in [2.05, 4.69) is 0 Å². The van der Waals surface area contributed by atoms with Crippen molar-refractivity contribution < 1.29 is 51.6 Å². The fourth-order valence-electron chi connectivity index (χ4n) is 3.91. The number of alkyl halides is 9. The lowest BCUT2D eigenvalue weighted by Gasteiger charge is -2.41. The Bertz CT molecular complexity index is 1570. The molecule has 0 heterocycles. The predicted molar refractivity (Wildman–Crippen MR) is 138 cm³/mol. The second-order valence-corrected chi connectivity index (χ2v) is 13.3. The Morgan fingerprint density at radius 2 is 0.810 bits per heavy atom. The minimum atomic E-state index is -7.45. The van der Waals surface area contributed by atoms with Gasteiger partial charge in [-0.05, 0) is 57.8 Å². The maximum absolute atomic E-state index is 14.9. The molecular weight excluding hydrogens is 619 g/mol. The Morgan fingerprint density at radius 3 is 1.21 bits per heavy atom. The number of hydrogen-bond acceptors (Lipinski definition) is 3. The van der Waals surface area contributed by atoms with Crippen LogP contribution in [0.5, 0.6) is 0 Å². The first-order valence-corrected chi connectivity index (χ1v) is 14.7. The van der Waals surface area contributed by atoms with Gasteiger partial charge in [0.1, 0.15) is 0 Å². The third kappa shape index (κ3) is 5.15. The van der Waals surface area contributed by atoms with Gasteiger partial charge in [0.15, 0.2) is 0 Å². The van der Waals surface area contributed by atoms with Crippen LogP contribution >= 0.6 is 10.3 Å². The second kappa shape index (κ2) is 11.0. The largest absolute Gasteiger partial charge is 0.460 e. The van der Waals surface area contributed by atoms with Gasteiger partial charge < -0.3 is 0 Å². The van der Waals surface area contributed by atoms with Crippen molar-refractivity contribution >= 4 is 20.4 Å². The molecule has 0 spiro atoms. The van der Waals surface area contributed by atoms with Crippen LogP contribution in [0.4, 0.5) is 39.5 Å². The van der Waals surface area contributed by atoms with Crippen molar-refractivity contribution in [1.29, 1.82) is 0 Å². The second-order valence-electron chi connectivity index (χ2n) is 8.76. The van der Waals surface area contributed by atoms with E-state index in [1.807, 2.05) is 0 Å². The summed E-state index contributed by atoms with van der Waals surface area (Å²) in [7, 11) is -11.3. The standard InChI is InChI=1S/C28H19F9O3S2/c29-25(30,27(33,34)35)26(31,32)28(36,37)42(38,39)40-41(22-12-6-2-7-13-22,23-14-8-3-9-15-23)24-18-16-21(17-19-24)20-10-4-1-5-11-20/h1-19H. The molecule has 0 aliphatic rings. The first-order valence-electron chi connectivity index (χ1n) is 11.7. The van der Waals surface area contributed by atoms with Crippen LogP contribution in [0.25, 0.3) is 11.1 Å². The van der Waals surface area contributed by atoms with Gasteiger partial charge in [-0.1, -0.05) is 78.9 Å². The Balaban J connectivity index is 1.98. The van der Waals surface area contributed by atoms with Crippen molar-refractivity contribution in [2.75, 3.05) is 0 Å². The van der Waals surface area contributed by atoms with E-state index in [9.17, 15) is 47.9 Å².